The predicted molar refractivity (Wildman–Crippen MR) is 91.6 cm³/mol. The van der Waals surface area contributed by atoms with Gasteiger partial charge < -0.3 is 10.1 Å². The summed E-state index contributed by atoms with van der Waals surface area (Å²) in [5, 5.41) is 3.00. The molecule has 0 aromatic heterocycles. The van der Waals surface area contributed by atoms with Crippen molar-refractivity contribution in [3.05, 3.63) is 0 Å². The number of nitrogens with one attached hydrogen (secondary N) is 1. The molecule has 2 unspecified atom stereocenters. The molecule has 1 N–H and O–H groups in total. The number of ether oxygens (including phenoxy) is 1. The van der Waals surface area contributed by atoms with Crippen molar-refractivity contribution in [1.29, 1.82) is 0 Å². The summed E-state index contributed by atoms with van der Waals surface area (Å²) in [4.78, 5) is 40.7. The molecule has 1 aliphatic carbocycles. The van der Waals surface area contributed by atoms with E-state index < -0.39 is 0 Å². The second kappa shape index (κ2) is 8.17. The Morgan fingerprint density at radius 3 is 2.60 bits per heavy atom. The molecule has 1 saturated carbocycles. The Bertz CT molecular complexity index is 500. The van der Waals surface area contributed by atoms with E-state index in [1.165, 1.54) is 11.3 Å². The average molecular weight is 351 g/mol. The van der Waals surface area contributed by atoms with Gasteiger partial charge in [0, 0.05) is 19.1 Å². The van der Waals surface area contributed by atoms with E-state index in [0.29, 0.717) is 13.2 Å². The Hall–Kier alpha value is -1.63. The highest BCUT2D eigenvalue weighted by molar-refractivity contribution is 5.97. The van der Waals surface area contributed by atoms with Crippen LogP contribution < -0.4 is 5.32 Å². The fraction of sp³-hybridized carbons (Fsp3) is 0.833. The van der Waals surface area contributed by atoms with E-state index in [4.69, 9.17) is 4.74 Å². The number of rotatable bonds is 4. The Morgan fingerprint density at radius 2 is 1.92 bits per heavy atom. The third-order valence-electron chi connectivity index (χ3n) is 5.60. The topological polar surface area (TPSA) is 79.0 Å². The molecule has 2 aliphatic heterocycles. The van der Waals surface area contributed by atoms with Gasteiger partial charge in [-0.2, -0.15) is 0 Å². The number of urea groups is 1. The molecule has 0 bridgehead atoms. The van der Waals surface area contributed by atoms with Crippen LogP contribution in [0.3, 0.4) is 0 Å². The fourth-order valence-electron chi connectivity index (χ4n) is 4.31. The summed E-state index contributed by atoms with van der Waals surface area (Å²) >= 11 is 0. The summed E-state index contributed by atoms with van der Waals surface area (Å²) in [5.74, 6) is -0.430. The van der Waals surface area contributed by atoms with Crippen molar-refractivity contribution in [2.45, 2.75) is 70.5 Å². The van der Waals surface area contributed by atoms with Gasteiger partial charge in [0.15, 0.2) is 0 Å². The molecule has 140 valence electrons. The van der Waals surface area contributed by atoms with E-state index in [1.807, 2.05) is 0 Å². The van der Waals surface area contributed by atoms with Gasteiger partial charge in [-0.25, -0.2) is 4.79 Å². The van der Waals surface area contributed by atoms with Crippen LogP contribution in [-0.4, -0.2) is 59.6 Å². The van der Waals surface area contributed by atoms with E-state index in [2.05, 4.69) is 10.2 Å². The number of amides is 3. The van der Waals surface area contributed by atoms with Crippen molar-refractivity contribution in [3.8, 4) is 0 Å². The summed E-state index contributed by atoms with van der Waals surface area (Å²) in [5.41, 5.74) is 0. The van der Waals surface area contributed by atoms with Crippen LogP contribution in [0.1, 0.15) is 58.3 Å². The van der Waals surface area contributed by atoms with Crippen molar-refractivity contribution in [2.24, 2.45) is 5.92 Å². The van der Waals surface area contributed by atoms with E-state index in [9.17, 15) is 14.4 Å². The van der Waals surface area contributed by atoms with Crippen LogP contribution in [0, 0.1) is 5.92 Å². The van der Waals surface area contributed by atoms with E-state index in [0.717, 1.165) is 45.1 Å². The van der Waals surface area contributed by atoms with Crippen molar-refractivity contribution in [1.82, 2.24) is 15.1 Å². The second-order valence-corrected chi connectivity index (χ2v) is 7.31. The molecule has 0 radical (unpaired) electrons. The quantitative estimate of drug-likeness (QED) is 0.782. The molecule has 3 rings (SSSR count). The van der Waals surface area contributed by atoms with E-state index in [-0.39, 0.29) is 42.5 Å². The monoisotopic (exact) mass is 351 g/mol. The highest BCUT2D eigenvalue weighted by atomic mass is 16.5. The van der Waals surface area contributed by atoms with Gasteiger partial charge in [0.05, 0.1) is 25.1 Å². The average Bonchev–Trinajstić information content (AvgIpc) is 2.62. The molecule has 0 aromatic rings. The zero-order chi connectivity index (χ0) is 17.8. The highest BCUT2D eigenvalue weighted by Crippen LogP contribution is 2.27. The van der Waals surface area contributed by atoms with Gasteiger partial charge >= 0.3 is 12.0 Å². The van der Waals surface area contributed by atoms with Crippen molar-refractivity contribution >= 4 is 17.9 Å². The van der Waals surface area contributed by atoms with Crippen LogP contribution >= 0.6 is 0 Å². The van der Waals surface area contributed by atoms with Crippen molar-refractivity contribution in [2.75, 3.05) is 19.7 Å². The van der Waals surface area contributed by atoms with Crippen LogP contribution in [0.25, 0.3) is 0 Å². The Morgan fingerprint density at radius 1 is 1.16 bits per heavy atom. The maximum Gasteiger partial charge on any atom is 0.325 e. The minimum atomic E-state index is -0.308. The molecule has 0 aromatic carbocycles. The van der Waals surface area contributed by atoms with Crippen LogP contribution in [0.5, 0.6) is 0 Å². The molecular formula is C18H29N3O4. The zero-order valence-electron chi connectivity index (χ0n) is 15.0. The number of nitrogens with zero attached hydrogens (tertiary/aromatic N) is 2. The van der Waals surface area contributed by atoms with Gasteiger partial charge in [-0.05, 0) is 32.6 Å². The number of hydrogen-bond donors (Lipinski definition) is 1. The van der Waals surface area contributed by atoms with Gasteiger partial charge in [0.25, 0.3) is 0 Å². The first-order valence-corrected chi connectivity index (χ1v) is 9.63. The summed E-state index contributed by atoms with van der Waals surface area (Å²) in [6.07, 6.45) is 6.84. The lowest BCUT2D eigenvalue weighted by atomic mass is 9.93. The molecule has 3 fully saturated rings. The lowest BCUT2D eigenvalue weighted by molar-refractivity contribution is -0.150. The number of esters is 1. The third-order valence-corrected chi connectivity index (χ3v) is 5.60. The number of imide groups is 1. The van der Waals surface area contributed by atoms with Gasteiger partial charge in [-0.3, -0.25) is 19.4 Å². The molecule has 3 aliphatic rings. The maximum absolute atomic E-state index is 12.6. The normalized spacial score (nSPS) is 29.4. The van der Waals surface area contributed by atoms with Crippen LogP contribution in [0.4, 0.5) is 4.79 Å². The molecule has 2 heterocycles. The number of hydrogen-bond acceptors (Lipinski definition) is 5. The Labute approximate surface area is 149 Å². The summed E-state index contributed by atoms with van der Waals surface area (Å²) in [6.45, 7) is 3.51. The lowest BCUT2D eigenvalue weighted by Gasteiger charge is -2.43. The maximum atomic E-state index is 12.6. The summed E-state index contributed by atoms with van der Waals surface area (Å²) < 4.78 is 5.13. The molecule has 3 amide bonds. The standard InChI is InChI=1S/C18H29N3O4/c1-2-25-17(23)13-7-6-10-20(12-13)15-11-16(22)21(18(24)19-15)14-8-4-3-5-9-14/h13-15H,2-12H2,1H3,(H,19,24). The second-order valence-electron chi connectivity index (χ2n) is 7.31. The first-order valence-electron chi connectivity index (χ1n) is 9.63. The fourth-order valence-corrected chi connectivity index (χ4v) is 4.31. The number of likely N-dealkylation sites (tertiary alicyclic amines) is 1. The van der Waals surface area contributed by atoms with E-state index >= 15 is 0 Å². The third kappa shape index (κ3) is 4.14. The lowest BCUT2D eigenvalue weighted by Crippen LogP contribution is -2.63. The highest BCUT2D eigenvalue weighted by Gasteiger charge is 2.40. The molecule has 7 nitrogen and oxygen atoms in total. The minimum Gasteiger partial charge on any atom is -0.466 e. The molecule has 2 saturated heterocycles. The van der Waals surface area contributed by atoms with Crippen LogP contribution in [-0.2, 0) is 14.3 Å². The minimum absolute atomic E-state index is 0.0517. The molecular weight excluding hydrogens is 322 g/mol. The summed E-state index contributed by atoms with van der Waals surface area (Å²) in [7, 11) is 0. The van der Waals surface area contributed by atoms with Gasteiger partial charge in [0.1, 0.15) is 0 Å². The summed E-state index contributed by atoms with van der Waals surface area (Å²) in [6, 6.07) is -0.220. The Balaban J connectivity index is 1.60. The van der Waals surface area contributed by atoms with Crippen LogP contribution in [0.15, 0.2) is 0 Å². The largest absolute Gasteiger partial charge is 0.466 e. The first-order chi connectivity index (χ1) is 12.1. The SMILES string of the molecule is CCOC(=O)C1CCCN(C2CC(=O)N(C3CCCCC3)C(=O)N2)C1. The van der Waals surface area contributed by atoms with Crippen molar-refractivity contribution in [3.63, 3.8) is 0 Å². The molecule has 7 heteroatoms. The number of carbonyl (C=O) groups is 3. The molecule has 25 heavy (non-hydrogen) atoms. The van der Waals surface area contributed by atoms with Crippen LogP contribution in [0.2, 0.25) is 0 Å². The number of piperidine rings is 1. The van der Waals surface area contributed by atoms with Crippen molar-refractivity contribution < 1.29 is 19.1 Å². The first kappa shape index (κ1) is 18.2. The smallest absolute Gasteiger partial charge is 0.325 e. The van der Waals surface area contributed by atoms with E-state index in [1.54, 1.807) is 6.92 Å². The van der Waals surface area contributed by atoms with Gasteiger partial charge in [-0.15, -0.1) is 0 Å². The molecule has 0 spiro atoms. The predicted octanol–water partition coefficient (Wildman–Crippen LogP) is 1.86. The Kier molecular flexibility index (Phi) is 5.93. The van der Waals surface area contributed by atoms with Gasteiger partial charge in [0.2, 0.25) is 5.91 Å². The number of carbonyl (C=O) groups excluding carboxylic acids is 3. The van der Waals surface area contributed by atoms with Gasteiger partial charge in [-0.1, -0.05) is 19.3 Å². The zero-order valence-corrected chi connectivity index (χ0v) is 15.0. The molecule has 2 atom stereocenters.